The SMILES string of the molecule is CN1C(=O)NC(=S)C12CCCC2. The van der Waals surface area contributed by atoms with Gasteiger partial charge in [-0.05, 0) is 12.8 Å². The van der Waals surface area contributed by atoms with E-state index in [1.54, 1.807) is 4.90 Å². The number of carbonyl (C=O) groups is 1. The molecular weight excluding hydrogens is 172 g/mol. The summed E-state index contributed by atoms with van der Waals surface area (Å²) in [7, 11) is 1.83. The lowest BCUT2D eigenvalue weighted by Crippen LogP contribution is -2.44. The van der Waals surface area contributed by atoms with E-state index in [4.69, 9.17) is 12.2 Å². The Hall–Kier alpha value is -0.640. The Morgan fingerprint density at radius 2 is 2.08 bits per heavy atom. The van der Waals surface area contributed by atoms with Gasteiger partial charge < -0.3 is 4.90 Å². The van der Waals surface area contributed by atoms with Crippen molar-refractivity contribution in [3.63, 3.8) is 0 Å². The molecule has 1 aliphatic heterocycles. The van der Waals surface area contributed by atoms with Gasteiger partial charge in [-0.3, -0.25) is 5.32 Å². The van der Waals surface area contributed by atoms with Crippen molar-refractivity contribution in [2.75, 3.05) is 7.05 Å². The molecule has 2 aliphatic rings. The number of likely N-dealkylation sites (N-methyl/N-ethyl adjacent to an activating group) is 1. The highest BCUT2D eigenvalue weighted by molar-refractivity contribution is 7.80. The lowest BCUT2D eigenvalue weighted by Gasteiger charge is -2.29. The molecule has 0 bridgehead atoms. The minimum atomic E-state index is -0.119. The summed E-state index contributed by atoms with van der Waals surface area (Å²) in [5, 5.41) is 2.72. The van der Waals surface area contributed by atoms with Crippen LogP contribution in [0.5, 0.6) is 0 Å². The van der Waals surface area contributed by atoms with Crippen LogP contribution in [0.2, 0.25) is 0 Å². The first-order chi connectivity index (χ1) is 5.67. The first-order valence-corrected chi connectivity index (χ1v) is 4.67. The minimum absolute atomic E-state index is 0.0399. The van der Waals surface area contributed by atoms with Crippen LogP contribution in [0, 0.1) is 0 Å². The summed E-state index contributed by atoms with van der Waals surface area (Å²) in [6, 6.07) is -0.0399. The highest BCUT2D eigenvalue weighted by Crippen LogP contribution is 2.37. The van der Waals surface area contributed by atoms with E-state index in [0.717, 1.165) is 17.8 Å². The Balaban J connectivity index is 2.34. The van der Waals surface area contributed by atoms with Gasteiger partial charge in [-0.2, -0.15) is 0 Å². The molecule has 1 saturated carbocycles. The van der Waals surface area contributed by atoms with Crippen LogP contribution in [0.1, 0.15) is 25.7 Å². The maximum absolute atomic E-state index is 11.3. The zero-order valence-corrected chi connectivity index (χ0v) is 7.91. The van der Waals surface area contributed by atoms with Gasteiger partial charge in [-0.15, -0.1) is 0 Å². The topological polar surface area (TPSA) is 32.3 Å². The Morgan fingerprint density at radius 3 is 2.50 bits per heavy atom. The molecule has 0 aromatic carbocycles. The molecule has 4 heteroatoms. The summed E-state index contributed by atoms with van der Waals surface area (Å²) < 4.78 is 0. The van der Waals surface area contributed by atoms with E-state index in [1.807, 2.05) is 7.05 Å². The fraction of sp³-hybridized carbons (Fsp3) is 0.750. The van der Waals surface area contributed by atoms with E-state index in [0.29, 0.717) is 0 Å². The number of nitrogens with zero attached hydrogens (tertiary/aromatic N) is 1. The molecule has 1 heterocycles. The lowest BCUT2D eigenvalue weighted by atomic mass is 9.98. The van der Waals surface area contributed by atoms with Gasteiger partial charge in [-0.25, -0.2) is 4.79 Å². The average molecular weight is 184 g/mol. The maximum Gasteiger partial charge on any atom is 0.322 e. The molecule has 0 unspecified atom stereocenters. The Bertz CT molecular complexity index is 245. The van der Waals surface area contributed by atoms with Gasteiger partial charge in [0.1, 0.15) is 4.99 Å². The van der Waals surface area contributed by atoms with E-state index in [2.05, 4.69) is 5.32 Å². The van der Waals surface area contributed by atoms with Crippen LogP contribution in [0.15, 0.2) is 0 Å². The number of carbonyl (C=O) groups excluding carboxylic acids is 1. The molecule has 0 radical (unpaired) electrons. The van der Waals surface area contributed by atoms with Gasteiger partial charge in [0, 0.05) is 7.05 Å². The molecule has 2 amide bonds. The van der Waals surface area contributed by atoms with E-state index in [1.165, 1.54) is 12.8 Å². The van der Waals surface area contributed by atoms with Crippen LogP contribution >= 0.6 is 12.2 Å². The zero-order valence-electron chi connectivity index (χ0n) is 7.09. The molecule has 2 fully saturated rings. The quantitative estimate of drug-likeness (QED) is 0.575. The van der Waals surface area contributed by atoms with Crippen molar-refractivity contribution in [3.8, 4) is 0 Å². The largest absolute Gasteiger partial charge is 0.322 e. The normalized spacial score (nSPS) is 26.9. The third-order valence-corrected chi connectivity index (χ3v) is 3.50. The predicted molar refractivity (Wildman–Crippen MR) is 50.1 cm³/mol. The molecular formula is C8H12N2OS. The summed E-state index contributed by atoms with van der Waals surface area (Å²) in [5.41, 5.74) is -0.119. The second kappa shape index (κ2) is 2.42. The van der Waals surface area contributed by atoms with Gasteiger partial charge >= 0.3 is 6.03 Å². The Morgan fingerprint density at radius 1 is 1.50 bits per heavy atom. The van der Waals surface area contributed by atoms with Gasteiger partial charge in [0.15, 0.2) is 0 Å². The molecule has 1 spiro atoms. The fourth-order valence-electron chi connectivity index (χ4n) is 2.17. The smallest absolute Gasteiger partial charge is 0.315 e. The summed E-state index contributed by atoms with van der Waals surface area (Å²) in [6.07, 6.45) is 4.42. The van der Waals surface area contributed by atoms with Crippen molar-refractivity contribution in [2.45, 2.75) is 31.2 Å². The summed E-state index contributed by atoms with van der Waals surface area (Å²) in [4.78, 5) is 13.8. The highest BCUT2D eigenvalue weighted by Gasteiger charge is 2.49. The zero-order chi connectivity index (χ0) is 8.77. The third-order valence-electron chi connectivity index (χ3n) is 3.02. The van der Waals surface area contributed by atoms with Crippen molar-refractivity contribution in [1.29, 1.82) is 0 Å². The van der Waals surface area contributed by atoms with E-state index in [-0.39, 0.29) is 11.6 Å². The Kier molecular flexibility index (Phi) is 1.61. The number of nitrogens with one attached hydrogen (secondary N) is 1. The van der Waals surface area contributed by atoms with Crippen LogP contribution in [0.4, 0.5) is 4.79 Å². The van der Waals surface area contributed by atoms with Crippen LogP contribution in [0.25, 0.3) is 0 Å². The lowest BCUT2D eigenvalue weighted by molar-refractivity contribution is 0.194. The molecule has 1 saturated heterocycles. The monoisotopic (exact) mass is 184 g/mol. The van der Waals surface area contributed by atoms with Crippen LogP contribution < -0.4 is 5.32 Å². The second-order valence-corrected chi connectivity index (χ2v) is 3.97. The molecule has 0 atom stereocenters. The average Bonchev–Trinajstić information content (AvgIpc) is 2.57. The standard InChI is InChI=1S/C8H12N2OS/c1-10-7(11)9-6(12)8(10)4-2-3-5-8/h2-5H2,1H3,(H,9,11,12). The van der Waals surface area contributed by atoms with Gasteiger partial charge in [-0.1, -0.05) is 25.1 Å². The van der Waals surface area contributed by atoms with Crippen LogP contribution in [-0.4, -0.2) is 28.5 Å². The third kappa shape index (κ3) is 0.813. The minimum Gasteiger partial charge on any atom is -0.315 e. The number of amides is 2. The van der Waals surface area contributed by atoms with Crippen molar-refractivity contribution in [1.82, 2.24) is 10.2 Å². The first kappa shape index (κ1) is 7.98. The van der Waals surface area contributed by atoms with E-state index < -0.39 is 0 Å². The number of rotatable bonds is 0. The molecule has 12 heavy (non-hydrogen) atoms. The molecule has 2 rings (SSSR count). The number of thiocarbonyl (C=S) groups is 1. The van der Waals surface area contributed by atoms with Crippen LogP contribution in [0.3, 0.4) is 0 Å². The van der Waals surface area contributed by atoms with Crippen molar-refractivity contribution < 1.29 is 4.79 Å². The highest BCUT2D eigenvalue weighted by atomic mass is 32.1. The molecule has 0 aromatic rings. The molecule has 66 valence electrons. The fourth-order valence-corrected chi connectivity index (χ4v) is 2.59. The number of hydrogen-bond acceptors (Lipinski definition) is 2. The maximum atomic E-state index is 11.3. The molecule has 1 aliphatic carbocycles. The summed E-state index contributed by atoms with van der Waals surface area (Å²) in [6.45, 7) is 0. The summed E-state index contributed by atoms with van der Waals surface area (Å²) in [5.74, 6) is 0. The van der Waals surface area contributed by atoms with E-state index in [9.17, 15) is 4.79 Å². The van der Waals surface area contributed by atoms with Crippen molar-refractivity contribution in [2.24, 2.45) is 0 Å². The van der Waals surface area contributed by atoms with Crippen molar-refractivity contribution >= 4 is 23.2 Å². The van der Waals surface area contributed by atoms with Gasteiger partial charge in [0.05, 0.1) is 5.54 Å². The second-order valence-electron chi connectivity index (χ2n) is 3.56. The number of urea groups is 1. The predicted octanol–water partition coefficient (Wildman–Crippen LogP) is 1.28. The van der Waals surface area contributed by atoms with Gasteiger partial charge in [0.25, 0.3) is 0 Å². The van der Waals surface area contributed by atoms with Crippen LogP contribution in [-0.2, 0) is 0 Å². The van der Waals surface area contributed by atoms with E-state index >= 15 is 0 Å². The number of hydrogen-bond donors (Lipinski definition) is 1. The van der Waals surface area contributed by atoms with Crippen molar-refractivity contribution in [3.05, 3.63) is 0 Å². The van der Waals surface area contributed by atoms with Gasteiger partial charge in [0.2, 0.25) is 0 Å². The molecule has 0 aromatic heterocycles. The molecule has 3 nitrogen and oxygen atoms in total. The summed E-state index contributed by atoms with van der Waals surface area (Å²) >= 11 is 5.17. The first-order valence-electron chi connectivity index (χ1n) is 4.26. The molecule has 1 N–H and O–H groups in total. The Labute approximate surface area is 77.1 Å².